The highest BCUT2D eigenvalue weighted by Gasteiger charge is 2.34. The van der Waals surface area contributed by atoms with Crippen molar-refractivity contribution in [3.8, 4) is 0 Å². The van der Waals surface area contributed by atoms with Crippen LogP contribution in [0.5, 0.6) is 0 Å². The van der Waals surface area contributed by atoms with Gasteiger partial charge in [0, 0.05) is 13.1 Å². The molecule has 2 N–H and O–H groups in total. The second-order valence-electron chi connectivity index (χ2n) is 5.56. The SMILES string of the molecule is Cc1ccc(F)c(S(=O)(=O)N2CCC(C)C(CN)C2)c1. The maximum atomic E-state index is 13.8. The number of hydrogen-bond acceptors (Lipinski definition) is 3. The Morgan fingerprint density at radius 3 is 2.80 bits per heavy atom. The number of piperidine rings is 1. The molecule has 0 aromatic heterocycles. The number of benzene rings is 1. The molecule has 1 aliphatic rings. The van der Waals surface area contributed by atoms with Crippen molar-refractivity contribution in [1.82, 2.24) is 4.31 Å². The monoisotopic (exact) mass is 300 g/mol. The van der Waals surface area contributed by atoms with Crippen molar-refractivity contribution in [2.75, 3.05) is 19.6 Å². The van der Waals surface area contributed by atoms with E-state index < -0.39 is 15.8 Å². The molecule has 6 heteroatoms. The number of rotatable bonds is 3. The first-order chi connectivity index (χ1) is 9.36. The zero-order chi connectivity index (χ0) is 14.9. The summed E-state index contributed by atoms with van der Waals surface area (Å²) in [5.74, 6) is -0.168. The van der Waals surface area contributed by atoms with Crippen molar-refractivity contribution < 1.29 is 12.8 Å². The van der Waals surface area contributed by atoms with Gasteiger partial charge in [0.25, 0.3) is 0 Å². The Hall–Kier alpha value is -0.980. The molecule has 2 atom stereocenters. The van der Waals surface area contributed by atoms with E-state index in [9.17, 15) is 12.8 Å². The average Bonchev–Trinajstić information content (AvgIpc) is 2.41. The molecule has 1 saturated heterocycles. The minimum absolute atomic E-state index is 0.131. The number of halogens is 1. The highest BCUT2D eigenvalue weighted by molar-refractivity contribution is 7.89. The van der Waals surface area contributed by atoms with Crippen molar-refractivity contribution in [2.24, 2.45) is 17.6 Å². The largest absolute Gasteiger partial charge is 0.330 e. The second-order valence-corrected chi connectivity index (χ2v) is 7.47. The summed E-state index contributed by atoms with van der Waals surface area (Å²) in [5, 5.41) is 0. The maximum absolute atomic E-state index is 13.8. The van der Waals surface area contributed by atoms with E-state index >= 15 is 0 Å². The van der Waals surface area contributed by atoms with Gasteiger partial charge in [0.1, 0.15) is 10.7 Å². The number of sulfonamides is 1. The predicted octanol–water partition coefficient (Wildman–Crippen LogP) is 1.74. The van der Waals surface area contributed by atoms with Crippen LogP contribution in [0.1, 0.15) is 18.9 Å². The Morgan fingerprint density at radius 1 is 1.45 bits per heavy atom. The van der Waals surface area contributed by atoms with Crippen LogP contribution < -0.4 is 5.73 Å². The van der Waals surface area contributed by atoms with Crippen molar-refractivity contribution >= 4 is 10.0 Å². The predicted molar refractivity (Wildman–Crippen MR) is 76.2 cm³/mol. The first-order valence-electron chi connectivity index (χ1n) is 6.82. The van der Waals surface area contributed by atoms with E-state index in [4.69, 9.17) is 5.73 Å². The Labute approximate surface area is 119 Å². The van der Waals surface area contributed by atoms with Gasteiger partial charge in [-0.05, 0) is 49.4 Å². The van der Waals surface area contributed by atoms with Gasteiger partial charge in [0.15, 0.2) is 0 Å². The lowest BCUT2D eigenvalue weighted by molar-refractivity contribution is 0.203. The molecule has 1 aromatic rings. The van der Waals surface area contributed by atoms with Gasteiger partial charge < -0.3 is 5.73 Å². The van der Waals surface area contributed by atoms with Crippen LogP contribution in [0.25, 0.3) is 0 Å². The van der Waals surface area contributed by atoms with Crippen LogP contribution in [-0.2, 0) is 10.0 Å². The Morgan fingerprint density at radius 2 is 2.15 bits per heavy atom. The quantitative estimate of drug-likeness (QED) is 0.925. The van der Waals surface area contributed by atoms with Gasteiger partial charge in [-0.25, -0.2) is 12.8 Å². The van der Waals surface area contributed by atoms with E-state index in [-0.39, 0.29) is 10.8 Å². The van der Waals surface area contributed by atoms with Crippen LogP contribution in [0.4, 0.5) is 4.39 Å². The summed E-state index contributed by atoms with van der Waals surface area (Å²) in [5.41, 5.74) is 6.42. The number of nitrogens with zero attached hydrogens (tertiary/aromatic N) is 1. The molecule has 2 rings (SSSR count). The molecule has 0 aliphatic carbocycles. The van der Waals surface area contributed by atoms with Gasteiger partial charge in [-0.3, -0.25) is 0 Å². The van der Waals surface area contributed by atoms with E-state index in [0.29, 0.717) is 25.6 Å². The van der Waals surface area contributed by atoms with Crippen LogP contribution in [0.3, 0.4) is 0 Å². The third-order valence-corrected chi connectivity index (χ3v) is 5.96. The second kappa shape index (κ2) is 5.79. The standard InChI is InChI=1S/C14H21FN2O2S/c1-10-3-4-13(15)14(7-10)20(18,19)17-6-5-11(2)12(8-16)9-17/h3-4,7,11-12H,5-6,8-9,16H2,1-2H3. The fourth-order valence-electron chi connectivity index (χ4n) is 2.59. The molecule has 0 bridgehead atoms. The topological polar surface area (TPSA) is 63.4 Å². The third kappa shape index (κ3) is 2.87. The molecule has 2 unspecified atom stereocenters. The molecule has 1 aromatic carbocycles. The third-order valence-electron chi connectivity index (χ3n) is 4.08. The highest BCUT2D eigenvalue weighted by Crippen LogP contribution is 2.28. The van der Waals surface area contributed by atoms with Crippen LogP contribution in [-0.4, -0.2) is 32.4 Å². The van der Waals surface area contributed by atoms with E-state index in [1.165, 1.54) is 16.4 Å². The van der Waals surface area contributed by atoms with Gasteiger partial charge in [0.2, 0.25) is 10.0 Å². The van der Waals surface area contributed by atoms with Gasteiger partial charge >= 0.3 is 0 Å². The molecule has 1 fully saturated rings. The van der Waals surface area contributed by atoms with Crippen molar-refractivity contribution in [3.05, 3.63) is 29.6 Å². The molecule has 1 aliphatic heterocycles. The minimum Gasteiger partial charge on any atom is -0.330 e. The molecule has 4 nitrogen and oxygen atoms in total. The van der Waals surface area contributed by atoms with Crippen LogP contribution in [0.15, 0.2) is 23.1 Å². The lowest BCUT2D eigenvalue weighted by atomic mass is 9.88. The smallest absolute Gasteiger partial charge is 0.246 e. The number of hydrogen-bond donors (Lipinski definition) is 1. The summed E-state index contributed by atoms with van der Waals surface area (Å²) >= 11 is 0. The van der Waals surface area contributed by atoms with Gasteiger partial charge in [-0.15, -0.1) is 0 Å². The summed E-state index contributed by atoms with van der Waals surface area (Å²) in [6.45, 7) is 5.07. The first kappa shape index (κ1) is 15.4. The lowest BCUT2D eigenvalue weighted by Crippen LogP contribution is -2.45. The fourth-order valence-corrected chi connectivity index (χ4v) is 4.25. The van der Waals surface area contributed by atoms with E-state index in [1.54, 1.807) is 13.0 Å². The summed E-state index contributed by atoms with van der Waals surface area (Å²) in [7, 11) is -3.78. The molecule has 0 saturated carbocycles. The van der Waals surface area contributed by atoms with Crippen LogP contribution in [0, 0.1) is 24.6 Å². The molecule has 112 valence electrons. The Kier molecular flexibility index (Phi) is 4.46. The summed E-state index contributed by atoms with van der Waals surface area (Å²) in [4.78, 5) is -0.233. The van der Waals surface area contributed by atoms with Crippen molar-refractivity contribution in [2.45, 2.75) is 25.2 Å². The molecule has 0 spiro atoms. The zero-order valence-corrected chi connectivity index (χ0v) is 12.7. The van der Waals surface area contributed by atoms with Crippen LogP contribution >= 0.6 is 0 Å². The molecular formula is C14H21FN2O2S. The average molecular weight is 300 g/mol. The van der Waals surface area contributed by atoms with E-state index in [0.717, 1.165) is 12.0 Å². The Balaban J connectivity index is 2.33. The highest BCUT2D eigenvalue weighted by atomic mass is 32.2. The zero-order valence-electron chi connectivity index (χ0n) is 11.8. The summed E-state index contributed by atoms with van der Waals surface area (Å²) < 4.78 is 40.4. The summed E-state index contributed by atoms with van der Waals surface area (Å²) in [6.07, 6.45) is 0.758. The maximum Gasteiger partial charge on any atom is 0.246 e. The van der Waals surface area contributed by atoms with Crippen molar-refractivity contribution in [1.29, 1.82) is 0 Å². The number of nitrogens with two attached hydrogens (primary N) is 1. The van der Waals surface area contributed by atoms with Gasteiger partial charge in [0.05, 0.1) is 0 Å². The number of aryl methyl sites for hydroxylation is 1. The molecule has 20 heavy (non-hydrogen) atoms. The van der Waals surface area contributed by atoms with Gasteiger partial charge in [-0.2, -0.15) is 4.31 Å². The molecule has 0 amide bonds. The first-order valence-corrected chi connectivity index (χ1v) is 8.26. The van der Waals surface area contributed by atoms with E-state index in [1.807, 2.05) is 0 Å². The lowest BCUT2D eigenvalue weighted by Gasteiger charge is -2.35. The Bertz CT molecular complexity index is 589. The molecule has 0 radical (unpaired) electrons. The normalized spacial score (nSPS) is 24.8. The molecule has 1 heterocycles. The van der Waals surface area contributed by atoms with Crippen LogP contribution in [0.2, 0.25) is 0 Å². The fraction of sp³-hybridized carbons (Fsp3) is 0.571. The van der Waals surface area contributed by atoms with Crippen molar-refractivity contribution in [3.63, 3.8) is 0 Å². The molecular weight excluding hydrogens is 279 g/mol. The summed E-state index contributed by atoms with van der Waals surface area (Å²) in [6, 6.07) is 4.16. The minimum atomic E-state index is -3.78. The van der Waals surface area contributed by atoms with Gasteiger partial charge in [-0.1, -0.05) is 13.0 Å². The van der Waals surface area contributed by atoms with E-state index in [2.05, 4.69) is 6.92 Å².